The lowest BCUT2D eigenvalue weighted by Gasteiger charge is -2.22. The summed E-state index contributed by atoms with van der Waals surface area (Å²) in [4.78, 5) is 18.3. The van der Waals surface area contributed by atoms with Crippen LogP contribution in [0.3, 0.4) is 0 Å². The Balaban J connectivity index is 1.76. The first kappa shape index (κ1) is 29.1. The summed E-state index contributed by atoms with van der Waals surface area (Å²) >= 11 is 0. The average molecular weight is 565 g/mol. The summed E-state index contributed by atoms with van der Waals surface area (Å²) in [6.45, 7) is 8.29. The molecule has 1 aliphatic rings. The minimum Gasteiger partial charge on any atom is -0.490 e. The van der Waals surface area contributed by atoms with Gasteiger partial charge in [0.2, 0.25) is 15.9 Å². The number of likely N-dealkylation sites (N-methyl/N-ethyl adjacent to an activating group) is 1. The van der Waals surface area contributed by atoms with Gasteiger partial charge in [0.1, 0.15) is 5.92 Å². The molecule has 0 aromatic heterocycles. The number of carbonyl (C=O) groups is 1. The number of ether oxygens (including phenoxy) is 2. The van der Waals surface area contributed by atoms with Crippen LogP contribution < -0.4 is 24.4 Å². The van der Waals surface area contributed by atoms with E-state index in [1.807, 2.05) is 57.2 Å². The number of fused-ring (bicyclic) bond motifs is 1. The summed E-state index contributed by atoms with van der Waals surface area (Å²) in [5.41, 5.74) is 3.93. The molecule has 3 aromatic carbocycles. The van der Waals surface area contributed by atoms with Crippen LogP contribution in [0, 0.1) is 0 Å². The maximum absolute atomic E-state index is 13.4. The number of hydrogen-bond acceptors (Lipinski definition) is 7. The molecule has 0 aliphatic carbocycles. The van der Waals surface area contributed by atoms with Crippen LogP contribution in [-0.4, -0.2) is 59.1 Å². The van der Waals surface area contributed by atoms with Crippen LogP contribution in [0.1, 0.15) is 37.8 Å². The Morgan fingerprint density at radius 1 is 0.975 bits per heavy atom. The Labute approximate surface area is 236 Å². The molecule has 9 nitrogen and oxygen atoms in total. The molecule has 0 fully saturated rings. The van der Waals surface area contributed by atoms with Gasteiger partial charge >= 0.3 is 0 Å². The fraction of sp³-hybridized carbons (Fsp3) is 0.333. The molecule has 4 rings (SSSR count). The third kappa shape index (κ3) is 6.63. The van der Waals surface area contributed by atoms with Crippen LogP contribution in [0.15, 0.2) is 71.7 Å². The largest absolute Gasteiger partial charge is 0.490 e. The van der Waals surface area contributed by atoms with Gasteiger partial charge in [0, 0.05) is 24.8 Å². The number of rotatable bonds is 13. The lowest BCUT2D eigenvalue weighted by Crippen LogP contribution is -2.36. The highest BCUT2D eigenvalue weighted by molar-refractivity contribution is 7.92. The van der Waals surface area contributed by atoms with E-state index in [4.69, 9.17) is 14.5 Å². The zero-order valence-corrected chi connectivity index (χ0v) is 24.1. The molecule has 1 amide bonds. The fourth-order valence-corrected chi connectivity index (χ4v) is 5.59. The zero-order valence-electron chi connectivity index (χ0n) is 23.3. The van der Waals surface area contributed by atoms with Crippen LogP contribution in [0.5, 0.6) is 11.5 Å². The maximum Gasteiger partial charge on any atom is 0.238 e. The molecule has 10 heteroatoms. The predicted octanol–water partition coefficient (Wildman–Crippen LogP) is 4.72. The molecule has 1 unspecified atom stereocenters. The summed E-state index contributed by atoms with van der Waals surface area (Å²) in [7, 11) is -3.47. The van der Waals surface area contributed by atoms with Crippen molar-refractivity contribution >= 4 is 38.7 Å². The van der Waals surface area contributed by atoms with E-state index in [0.717, 1.165) is 17.7 Å². The van der Waals surface area contributed by atoms with Crippen LogP contribution in [0.2, 0.25) is 0 Å². The van der Waals surface area contributed by atoms with E-state index >= 15 is 0 Å². The van der Waals surface area contributed by atoms with Crippen molar-refractivity contribution in [1.29, 1.82) is 0 Å². The zero-order chi connectivity index (χ0) is 28.7. The van der Waals surface area contributed by atoms with E-state index in [1.165, 1.54) is 10.6 Å². The van der Waals surface area contributed by atoms with Gasteiger partial charge in [0.15, 0.2) is 11.5 Å². The van der Waals surface area contributed by atoms with Crippen molar-refractivity contribution in [2.75, 3.05) is 48.7 Å². The van der Waals surface area contributed by atoms with E-state index < -0.39 is 15.9 Å². The maximum atomic E-state index is 13.4. The molecule has 3 aromatic rings. The van der Waals surface area contributed by atoms with E-state index in [9.17, 15) is 13.2 Å². The smallest absolute Gasteiger partial charge is 0.238 e. The Kier molecular flexibility index (Phi) is 9.44. The van der Waals surface area contributed by atoms with Crippen LogP contribution in [0.4, 0.5) is 17.1 Å². The molecular weight excluding hydrogens is 528 g/mol. The van der Waals surface area contributed by atoms with Gasteiger partial charge in [-0.15, -0.1) is 0 Å². The second-order valence-corrected chi connectivity index (χ2v) is 11.1. The molecule has 0 radical (unpaired) electrons. The Morgan fingerprint density at radius 3 is 2.23 bits per heavy atom. The van der Waals surface area contributed by atoms with Gasteiger partial charge in [0.05, 0.1) is 36.6 Å². The molecule has 0 spiro atoms. The molecule has 1 atom stereocenters. The van der Waals surface area contributed by atoms with E-state index in [0.29, 0.717) is 60.6 Å². The molecular formula is C30H36N4O5S. The summed E-state index contributed by atoms with van der Waals surface area (Å²) in [5, 5.41) is 6.14. The SMILES string of the molecule is CCNCCN(c1ccc(N=C(c2ccccc2)C2C(=O)Nc3cc(OCC)c(OCC)cc32)cc1)S(C)(=O)=O. The van der Waals surface area contributed by atoms with Crippen LogP contribution in [0.25, 0.3) is 0 Å². The van der Waals surface area contributed by atoms with Crippen LogP contribution in [-0.2, 0) is 14.8 Å². The Bertz CT molecular complexity index is 1460. The fourth-order valence-electron chi connectivity index (χ4n) is 4.66. The number of nitrogens with one attached hydrogen (secondary N) is 2. The van der Waals surface area contributed by atoms with Crippen molar-refractivity contribution in [1.82, 2.24) is 5.32 Å². The molecule has 0 saturated carbocycles. The summed E-state index contributed by atoms with van der Waals surface area (Å²) in [6.07, 6.45) is 1.20. The second kappa shape index (κ2) is 13.0. The van der Waals surface area contributed by atoms with Gasteiger partial charge in [0.25, 0.3) is 0 Å². The van der Waals surface area contributed by atoms with E-state index in [2.05, 4.69) is 10.6 Å². The number of anilines is 2. The first-order chi connectivity index (χ1) is 19.3. The van der Waals surface area contributed by atoms with Gasteiger partial charge in [-0.05, 0) is 61.9 Å². The lowest BCUT2D eigenvalue weighted by atomic mass is 9.90. The van der Waals surface area contributed by atoms with E-state index in [-0.39, 0.29) is 5.91 Å². The predicted molar refractivity (Wildman–Crippen MR) is 160 cm³/mol. The van der Waals surface area contributed by atoms with Crippen molar-refractivity contribution in [2.45, 2.75) is 26.7 Å². The molecule has 2 N–H and O–H groups in total. The lowest BCUT2D eigenvalue weighted by molar-refractivity contribution is -0.115. The third-order valence-corrected chi connectivity index (χ3v) is 7.61. The average Bonchev–Trinajstić information content (AvgIpc) is 3.25. The van der Waals surface area contributed by atoms with Crippen molar-refractivity contribution in [3.05, 3.63) is 77.9 Å². The number of hydrogen-bond donors (Lipinski definition) is 2. The summed E-state index contributed by atoms with van der Waals surface area (Å²) in [5.74, 6) is 0.263. The van der Waals surface area contributed by atoms with Gasteiger partial charge in [-0.1, -0.05) is 37.3 Å². The van der Waals surface area contributed by atoms with Crippen molar-refractivity contribution in [3.63, 3.8) is 0 Å². The number of aliphatic imine (C=N–C) groups is 1. The molecule has 0 saturated heterocycles. The summed E-state index contributed by atoms with van der Waals surface area (Å²) < 4.78 is 37.9. The number of amides is 1. The first-order valence-electron chi connectivity index (χ1n) is 13.4. The quantitative estimate of drug-likeness (QED) is 0.230. The van der Waals surface area contributed by atoms with E-state index in [1.54, 1.807) is 30.3 Å². The summed E-state index contributed by atoms with van der Waals surface area (Å²) in [6, 6.07) is 20.2. The number of sulfonamides is 1. The van der Waals surface area contributed by atoms with Crippen molar-refractivity contribution in [2.24, 2.45) is 4.99 Å². The van der Waals surface area contributed by atoms with Crippen molar-refractivity contribution < 1.29 is 22.7 Å². The Hall–Kier alpha value is -3.89. The van der Waals surface area contributed by atoms with Crippen LogP contribution >= 0.6 is 0 Å². The highest BCUT2D eigenvalue weighted by Crippen LogP contribution is 2.43. The monoisotopic (exact) mass is 564 g/mol. The second-order valence-electron chi connectivity index (χ2n) is 9.24. The van der Waals surface area contributed by atoms with Gasteiger partial charge in [-0.2, -0.15) is 0 Å². The molecule has 1 aliphatic heterocycles. The van der Waals surface area contributed by atoms with Gasteiger partial charge in [-0.3, -0.25) is 14.1 Å². The third-order valence-electron chi connectivity index (χ3n) is 6.42. The minimum atomic E-state index is -3.47. The minimum absolute atomic E-state index is 0.197. The van der Waals surface area contributed by atoms with Crippen molar-refractivity contribution in [3.8, 4) is 11.5 Å². The number of nitrogens with zero attached hydrogens (tertiary/aromatic N) is 2. The molecule has 40 heavy (non-hydrogen) atoms. The highest BCUT2D eigenvalue weighted by Gasteiger charge is 2.37. The van der Waals surface area contributed by atoms with Gasteiger partial charge < -0.3 is 20.1 Å². The highest BCUT2D eigenvalue weighted by atomic mass is 32.2. The number of carbonyl (C=O) groups excluding carboxylic acids is 1. The van der Waals surface area contributed by atoms with Gasteiger partial charge in [-0.25, -0.2) is 8.42 Å². The number of benzene rings is 3. The normalized spacial score (nSPS) is 14.9. The Morgan fingerprint density at radius 2 is 1.62 bits per heavy atom. The molecule has 1 heterocycles. The standard InChI is InChI=1S/C30H36N4O5S/c1-5-31-17-18-34(40(4,36)37)23-15-13-22(14-16-23)32-29(21-11-9-8-10-12-21)28-24-19-26(38-6-2)27(39-7-3)20-25(24)33-30(28)35/h8-16,19-20,28,31H,5-7,17-18H2,1-4H3,(H,33,35). The first-order valence-corrected chi connectivity index (χ1v) is 15.3. The molecule has 212 valence electrons. The topological polar surface area (TPSA) is 109 Å². The molecule has 0 bridgehead atoms.